The van der Waals surface area contributed by atoms with Crippen LogP contribution in [0.3, 0.4) is 0 Å². The SMILES string of the molecule is CC(C)(C)OCOCN1CCN(Cc2ccc(COc3cccc4c3CN(C3CCC(=O)NC3=O)C4=O)cc2)CC1. The molecule has 5 rings (SSSR count). The number of hydrogen-bond acceptors (Lipinski definition) is 8. The molecule has 0 aromatic heterocycles. The third-order valence-electron chi connectivity index (χ3n) is 7.68. The molecule has 3 aliphatic rings. The smallest absolute Gasteiger partial charge is 0.255 e. The first-order valence-electron chi connectivity index (χ1n) is 14.3. The number of carbonyl (C=O) groups is 3. The number of carbonyl (C=O) groups excluding carboxylic acids is 3. The number of nitrogens with zero attached hydrogens (tertiary/aromatic N) is 3. The van der Waals surface area contributed by atoms with E-state index >= 15 is 0 Å². The molecule has 0 radical (unpaired) electrons. The third-order valence-corrected chi connectivity index (χ3v) is 7.68. The average Bonchev–Trinajstić information content (AvgIpc) is 3.27. The Labute approximate surface area is 241 Å². The van der Waals surface area contributed by atoms with Crippen molar-refractivity contribution in [1.29, 1.82) is 0 Å². The summed E-state index contributed by atoms with van der Waals surface area (Å²) in [4.78, 5) is 43.2. The van der Waals surface area contributed by atoms with E-state index in [4.69, 9.17) is 14.2 Å². The molecule has 41 heavy (non-hydrogen) atoms. The number of fused-ring (bicyclic) bond motifs is 1. The Morgan fingerprint density at radius 3 is 2.34 bits per heavy atom. The van der Waals surface area contributed by atoms with E-state index in [2.05, 4.69) is 39.4 Å². The van der Waals surface area contributed by atoms with Crippen LogP contribution in [-0.2, 0) is 38.8 Å². The van der Waals surface area contributed by atoms with Crippen LogP contribution in [0.5, 0.6) is 5.75 Å². The molecule has 2 saturated heterocycles. The Morgan fingerprint density at radius 1 is 0.927 bits per heavy atom. The van der Waals surface area contributed by atoms with Crippen molar-refractivity contribution in [2.45, 2.75) is 65.0 Å². The maximum Gasteiger partial charge on any atom is 0.255 e. The van der Waals surface area contributed by atoms with Crippen LogP contribution in [0.2, 0.25) is 0 Å². The van der Waals surface area contributed by atoms with Gasteiger partial charge in [0.1, 0.15) is 31.9 Å². The lowest BCUT2D eigenvalue weighted by molar-refractivity contribution is -0.144. The molecule has 2 fully saturated rings. The summed E-state index contributed by atoms with van der Waals surface area (Å²) in [7, 11) is 0. The number of piperidine rings is 1. The molecule has 1 atom stereocenters. The van der Waals surface area contributed by atoms with Crippen LogP contribution in [0, 0.1) is 0 Å². The number of ether oxygens (including phenoxy) is 3. The molecule has 1 unspecified atom stereocenters. The minimum Gasteiger partial charge on any atom is -0.489 e. The first-order chi connectivity index (χ1) is 19.7. The molecule has 0 spiro atoms. The molecule has 3 heterocycles. The topological polar surface area (TPSA) is 101 Å². The summed E-state index contributed by atoms with van der Waals surface area (Å²) >= 11 is 0. The molecule has 10 heteroatoms. The van der Waals surface area contributed by atoms with E-state index in [-0.39, 0.29) is 23.8 Å². The third kappa shape index (κ3) is 7.51. The first kappa shape index (κ1) is 29.2. The molecule has 0 aliphatic carbocycles. The van der Waals surface area contributed by atoms with E-state index in [1.807, 2.05) is 26.8 Å². The molecule has 3 amide bonds. The highest BCUT2D eigenvalue weighted by Crippen LogP contribution is 2.34. The van der Waals surface area contributed by atoms with Gasteiger partial charge in [0, 0.05) is 50.3 Å². The summed E-state index contributed by atoms with van der Waals surface area (Å²) in [5, 5.41) is 2.34. The summed E-state index contributed by atoms with van der Waals surface area (Å²) in [6.45, 7) is 12.4. The molecule has 2 aromatic rings. The Balaban J connectivity index is 1.08. The lowest BCUT2D eigenvalue weighted by Gasteiger charge is -2.34. The second-order valence-electron chi connectivity index (χ2n) is 11.9. The van der Waals surface area contributed by atoms with Gasteiger partial charge in [0.25, 0.3) is 5.91 Å². The van der Waals surface area contributed by atoms with Crippen molar-refractivity contribution in [3.8, 4) is 5.75 Å². The number of rotatable bonds is 10. The van der Waals surface area contributed by atoms with Crippen LogP contribution >= 0.6 is 0 Å². The Kier molecular flexibility index (Phi) is 9.03. The van der Waals surface area contributed by atoms with Crippen molar-refractivity contribution in [2.75, 3.05) is 39.7 Å². The van der Waals surface area contributed by atoms with E-state index in [1.165, 1.54) is 5.56 Å². The van der Waals surface area contributed by atoms with E-state index < -0.39 is 11.9 Å². The molecule has 1 N–H and O–H groups in total. The zero-order valence-corrected chi connectivity index (χ0v) is 24.2. The normalized spacial score (nSPS) is 20.3. The van der Waals surface area contributed by atoms with Crippen LogP contribution in [-0.4, -0.2) is 83.8 Å². The molecule has 220 valence electrons. The highest BCUT2D eigenvalue weighted by Gasteiger charge is 2.40. The van der Waals surface area contributed by atoms with Gasteiger partial charge in [-0.2, -0.15) is 0 Å². The van der Waals surface area contributed by atoms with Crippen LogP contribution in [0.1, 0.15) is 60.7 Å². The highest BCUT2D eigenvalue weighted by atomic mass is 16.7. The standard InChI is InChI=1S/C31H40N4O6/c1-31(2,3)41-21-39-20-34-15-13-33(14-16-34)17-22-7-9-23(10-8-22)19-40-27-6-4-5-24-25(27)18-35(30(24)38)26-11-12-28(36)32-29(26)37/h4-10,26H,11-21H2,1-3H3,(H,32,36,37). The molecular formula is C31H40N4O6. The van der Waals surface area contributed by atoms with Crippen LogP contribution in [0.4, 0.5) is 0 Å². The van der Waals surface area contributed by atoms with Gasteiger partial charge in [0.05, 0.1) is 12.1 Å². The molecular weight excluding hydrogens is 524 g/mol. The summed E-state index contributed by atoms with van der Waals surface area (Å²) in [6, 6.07) is 13.2. The van der Waals surface area contributed by atoms with Crippen LogP contribution in [0.15, 0.2) is 42.5 Å². The van der Waals surface area contributed by atoms with Gasteiger partial charge < -0.3 is 19.1 Å². The lowest BCUT2D eigenvalue weighted by atomic mass is 10.0. The van der Waals surface area contributed by atoms with Gasteiger partial charge in [0.15, 0.2) is 0 Å². The van der Waals surface area contributed by atoms with Crippen molar-refractivity contribution < 1.29 is 28.6 Å². The maximum absolute atomic E-state index is 13.0. The predicted molar refractivity (Wildman–Crippen MR) is 152 cm³/mol. The number of hydrogen-bond donors (Lipinski definition) is 1. The van der Waals surface area contributed by atoms with Crippen molar-refractivity contribution in [3.05, 3.63) is 64.7 Å². The monoisotopic (exact) mass is 564 g/mol. The number of imide groups is 1. The van der Waals surface area contributed by atoms with Crippen LogP contribution < -0.4 is 10.1 Å². The second kappa shape index (κ2) is 12.7. The Morgan fingerprint density at radius 2 is 1.63 bits per heavy atom. The van der Waals surface area contributed by atoms with Gasteiger partial charge in [0.2, 0.25) is 11.8 Å². The molecule has 10 nitrogen and oxygen atoms in total. The average molecular weight is 565 g/mol. The van der Waals surface area contributed by atoms with Crippen LogP contribution in [0.25, 0.3) is 0 Å². The molecule has 2 aromatic carbocycles. The summed E-state index contributed by atoms with van der Waals surface area (Å²) in [5.41, 5.74) is 3.43. The van der Waals surface area contributed by atoms with E-state index in [0.29, 0.717) is 44.4 Å². The molecule has 3 aliphatic heterocycles. The van der Waals surface area contributed by atoms with Gasteiger partial charge in [-0.15, -0.1) is 0 Å². The number of benzene rings is 2. The lowest BCUT2D eigenvalue weighted by Crippen LogP contribution is -2.52. The summed E-state index contributed by atoms with van der Waals surface area (Å²) < 4.78 is 17.4. The van der Waals surface area contributed by atoms with Gasteiger partial charge in [-0.1, -0.05) is 30.3 Å². The predicted octanol–water partition coefficient (Wildman–Crippen LogP) is 2.89. The van der Waals surface area contributed by atoms with Gasteiger partial charge in [-0.05, 0) is 50.5 Å². The first-order valence-corrected chi connectivity index (χ1v) is 14.3. The fourth-order valence-electron chi connectivity index (χ4n) is 5.31. The minimum absolute atomic E-state index is 0.191. The zero-order chi connectivity index (χ0) is 29.0. The van der Waals surface area contributed by atoms with E-state index in [9.17, 15) is 14.4 Å². The van der Waals surface area contributed by atoms with Gasteiger partial charge in [-0.3, -0.25) is 29.5 Å². The quantitative estimate of drug-likeness (QED) is 0.267. The van der Waals surface area contributed by atoms with Crippen molar-refractivity contribution >= 4 is 17.7 Å². The van der Waals surface area contributed by atoms with E-state index in [1.54, 1.807) is 17.0 Å². The van der Waals surface area contributed by atoms with Crippen molar-refractivity contribution in [3.63, 3.8) is 0 Å². The summed E-state index contributed by atoms with van der Waals surface area (Å²) in [5.74, 6) is -0.271. The number of amides is 3. The highest BCUT2D eigenvalue weighted by molar-refractivity contribution is 6.05. The van der Waals surface area contributed by atoms with Gasteiger partial charge in [-0.25, -0.2) is 0 Å². The number of piperazine rings is 1. The van der Waals surface area contributed by atoms with Gasteiger partial charge >= 0.3 is 0 Å². The largest absolute Gasteiger partial charge is 0.489 e. The van der Waals surface area contributed by atoms with Crippen molar-refractivity contribution in [2.24, 2.45) is 0 Å². The fourth-order valence-corrected chi connectivity index (χ4v) is 5.31. The zero-order valence-electron chi connectivity index (χ0n) is 24.2. The molecule has 0 bridgehead atoms. The van der Waals surface area contributed by atoms with E-state index in [0.717, 1.165) is 43.9 Å². The Hall–Kier alpha value is -3.31. The van der Waals surface area contributed by atoms with Crippen molar-refractivity contribution in [1.82, 2.24) is 20.0 Å². The summed E-state index contributed by atoms with van der Waals surface area (Å²) in [6.07, 6.45) is 0.568. The Bertz CT molecular complexity index is 1250. The second-order valence-corrected chi connectivity index (χ2v) is 11.9. The fraction of sp³-hybridized carbons (Fsp3) is 0.516. The minimum atomic E-state index is -0.641. The molecule has 0 saturated carbocycles. The maximum atomic E-state index is 13.0. The number of nitrogens with one attached hydrogen (secondary N) is 1.